The van der Waals surface area contributed by atoms with Gasteiger partial charge in [-0.1, -0.05) is 37.3 Å². The van der Waals surface area contributed by atoms with Crippen LogP contribution in [-0.4, -0.2) is 33.1 Å². The van der Waals surface area contributed by atoms with Crippen molar-refractivity contribution in [1.29, 1.82) is 0 Å². The van der Waals surface area contributed by atoms with Crippen molar-refractivity contribution in [3.8, 4) is 0 Å². The molecule has 1 heterocycles. The Labute approximate surface area is 156 Å². The smallest absolute Gasteiger partial charge is 0.220 e. The lowest BCUT2D eigenvalue weighted by molar-refractivity contribution is -0.121. The summed E-state index contributed by atoms with van der Waals surface area (Å²) in [6.45, 7) is 3.66. The molecule has 0 spiro atoms. The first-order valence-electron chi connectivity index (χ1n) is 9.48. The zero-order valence-corrected chi connectivity index (χ0v) is 16.0. The molecule has 0 aliphatic carbocycles. The number of hydrogen-bond donors (Lipinski definition) is 1. The standard InChI is InChI=1S/C22H29N3O/c1-4-7-22(26)23-16-21(18-10-12-19(13-11-18)24(2)3)25-15-14-17-8-5-6-9-20(17)25/h5-6,8-13,21H,4,7,14-16H2,1-3H3,(H,23,26)/t21-/m1/s1. The number of nitrogens with one attached hydrogen (secondary N) is 1. The highest BCUT2D eigenvalue weighted by molar-refractivity contribution is 5.76. The van der Waals surface area contributed by atoms with Crippen molar-refractivity contribution in [2.24, 2.45) is 0 Å². The topological polar surface area (TPSA) is 35.6 Å². The minimum atomic E-state index is 0.134. The molecule has 0 unspecified atom stereocenters. The van der Waals surface area contributed by atoms with Gasteiger partial charge in [0.2, 0.25) is 5.91 Å². The minimum absolute atomic E-state index is 0.134. The van der Waals surface area contributed by atoms with Gasteiger partial charge in [-0.2, -0.15) is 0 Å². The van der Waals surface area contributed by atoms with E-state index in [0.29, 0.717) is 13.0 Å². The Morgan fingerprint density at radius 2 is 1.88 bits per heavy atom. The number of hydrogen-bond acceptors (Lipinski definition) is 3. The zero-order valence-electron chi connectivity index (χ0n) is 16.0. The van der Waals surface area contributed by atoms with E-state index in [0.717, 1.165) is 19.4 Å². The van der Waals surface area contributed by atoms with Crippen LogP contribution in [0, 0.1) is 0 Å². The fourth-order valence-corrected chi connectivity index (χ4v) is 3.62. The lowest BCUT2D eigenvalue weighted by Gasteiger charge is -2.31. The number of carbonyl (C=O) groups is 1. The van der Waals surface area contributed by atoms with E-state index in [4.69, 9.17) is 0 Å². The van der Waals surface area contributed by atoms with Crippen LogP contribution in [0.25, 0.3) is 0 Å². The Morgan fingerprint density at radius 3 is 2.58 bits per heavy atom. The summed E-state index contributed by atoms with van der Waals surface area (Å²) in [4.78, 5) is 16.6. The highest BCUT2D eigenvalue weighted by atomic mass is 16.1. The zero-order chi connectivity index (χ0) is 18.5. The molecular weight excluding hydrogens is 322 g/mol. The summed E-state index contributed by atoms with van der Waals surface area (Å²) in [5.74, 6) is 0.134. The number of carbonyl (C=O) groups excluding carboxylic acids is 1. The molecule has 4 heteroatoms. The normalized spacial score (nSPS) is 14.0. The van der Waals surface area contributed by atoms with Crippen LogP contribution in [0.15, 0.2) is 48.5 Å². The Kier molecular flexibility index (Phi) is 5.82. The lowest BCUT2D eigenvalue weighted by atomic mass is 10.0. The first kappa shape index (κ1) is 18.3. The minimum Gasteiger partial charge on any atom is -0.378 e. The quantitative estimate of drug-likeness (QED) is 0.825. The van der Waals surface area contributed by atoms with Crippen LogP contribution >= 0.6 is 0 Å². The van der Waals surface area contributed by atoms with Crippen molar-refractivity contribution in [3.05, 3.63) is 59.7 Å². The molecule has 0 radical (unpaired) electrons. The van der Waals surface area contributed by atoms with E-state index >= 15 is 0 Å². The third kappa shape index (κ3) is 4.01. The molecule has 0 saturated carbocycles. The molecule has 0 saturated heterocycles. The van der Waals surface area contributed by atoms with Crippen LogP contribution < -0.4 is 15.1 Å². The van der Waals surface area contributed by atoms with Crippen molar-refractivity contribution in [2.75, 3.05) is 37.0 Å². The van der Waals surface area contributed by atoms with Crippen LogP contribution in [-0.2, 0) is 11.2 Å². The van der Waals surface area contributed by atoms with E-state index in [1.165, 1.54) is 22.5 Å². The molecule has 4 nitrogen and oxygen atoms in total. The molecule has 0 aromatic heterocycles. The summed E-state index contributed by atoms with van der Waals surface area (Å²) in [5.41, 5.74) is 5.11. The third-order valence-corrected chi connectivity index (χ3v) is 5.06. The van der Waals surface area contributed by atoms with Gasteiger partial charge in [-0.15, -0.1) is 0 Å². The van der Waals surface area contributed by atoms with Crippen LogP contribution in [0.4, 0.5) is 11.4 Å². The van der Waals surface area contributed by atoms with E-state index in [9.17, 15) is 4.79 Å². The maximum absolute atomic E-state index is 12.0. The molecule has 1 atom stereocenters. The number of anilines is 2. The molecule has 1 N–H and O–H groups in total. The van der Waals surface area contributed by atoms with Crippen molar-refractivity contribution in [1.82, 2.24) is 5.32 Å². The first-order chi connectivity index (χ1) is 12.6. The lowest BCUT2D eigenvalue weighted by Crippen LogP contribution is -2.37. The molecule has 138 valence electrons. The van der Waals surface area contributed by atoms with Crippen molar-refractivity contribution in [2.45, 2.75) is 32.2 Å². The maximum Gasteiger partial charge on any atom is 0.220 e. The fraction of sp³-hybridized carbons (Fsp3) is 0.409. The highest BCUT2D eigenvalue weighted by Gasteiger charge is 2.27. The number of fused-ring (bicyclic) bond motifs is 1. The maximum atomic E-state index is 12.0. The Bertz CT molecular complexity index is 739. The van der Waals surface area contributed by atoms with Gasteiger partial charge in [-0.25, -0.2) is 0 Å². The van der Waals surface area contributed by atoms with Gasteiger partial charge in [0.15, 0.2) is 0 Å². The summed E-state index contributed by atoms with van der Waals surface area (Å²) in [6, 6.07) is 17.4. The molecule has 1 aliphatic rings. The predicted octanol–water partition coefficient (Wildman–Crippen LogP) is 3.77. The van der Waals surface area contributed by atoms with Crippen LogP contribution in [0.5, 0.6) is 0 Å². The fourth-order valence-electron chi connectivity index (χ4n) is 3.62. The largest absolute Gasteiger partial charge is 0.378 e. The third-order valence-electron chi connectivity index (χ3n) is 5.06. The van der Waals surface area contributed by atoms with E-state index in [-0.39, 0.29) is 11.9 Å². The van der Waals surface area contributed by atoms with E-state index in [2.05, 4.69) is 63.6 Å². The molecule has 0 bridgehead atoms. The van der Waals surface area contributed by atoms with Crippen LogP contribution in [0.3, 0.4) is 0 Å². The molecule has 1 aliphatic heterocycles. The highest BCUT2D eigenvalue weighted by Crippen LogP contribution is 2.35. The van der Waals surface area contributed by atoms with E-state index < -0.39 is 0 Å². The first-order valence-corrected chi connectivity index (χ1v) is 9.48. The van der Waals surface area contributed by atoms with E-state index in [1.54, 1.807) is 0 Å². The van der Waals surface area contributed by atoms with Gasteiger partial charge in [0.1, 0.15) is 0 Å². The average molecular weight is 351 g/mol. The molecule has 2 aromatic carbocycles. The van der Waals surface area contributed by atoms with Gasteiger partial charge in [0.05, 0.1) is 6.04 Å². The van der Waals surface area contributed by atoms with Gasteiger partial charge < -0.3 is 15.1 Å². The van der Waals surface area contributed by atoms with Gasteiger partial charge in [-0.05, 0) is 42.2 Å². The molecule has 26 heavy (non-hydrogen) atoms. The van der Waals surface area contributed by atoms with Crippen LogP contribution in [0.1, 0.15) is 36.9 Å². The summed E-state index contributed by atoms with van der Waals surface area (Å²) >= 11 is 0. The van der Waals surface area contributed by atoms with Crippen molar-refractivity contribution in [3.63, 3.8) is 0 Å². The van der Waals surface area contributed by atoms with Gasteiger partial charge in [-0.3, -0.25) is 4.79 Å². The number of nitrogens with zero attached hydrogens (tertiary/aromatic N) is 2. The summed E-state index contributed by atoms with van der Waals surface area (Å²) in [6.07, 6.45) is 2.52. The van der Waals surface area contributed by atoms with E-state index in [1.807, 2.05) is 21.0 Å². The second-order valence-corrected chi connectivity index (χ2v) is 7.13. The van der Waals surface area contributed by atoms with Crippen molar-refractivity contribution >= 4 is 17.3 Å². The number of amides is 1. The van der Waals surface area contributed by atoms with Gasteiger partial charge in [0, 0.05) is 45.0 Å². The number of rotatable bonds is 7. The van der Waals surface area contributed by atoms with Crippen LogP contribution in [0.2, 0.25) is 0 Å². The van der Waals surface area contributed by atoms with Gasteiger partial charge >= 0.3 is 0 Å². The molecule has 1 amide bonds. The SMILES string of the molecule is CCCC(=O)NC[C@H](c1ccc(N(C)C)cc1)N1CCc2ccccc21. The molecular formula is C22H29N3O. The predicted molar refractivity (Wildman–Crippen MR) is 109 cm³/mol. The Hall–Kier alpha value is -2.49. The van der Waals surface area contributed by atoms with Crippen molar-refractivity contribution < 1.29 is 4.79 Å². The second kappa shape index (κ2) is 8.26. The Balaban J connectivity index is 1.86. The molecule has 3 rings (SSSR count). The molecule has 2 aromatic rings. The monoisotopic (exact) mass is 351 g/mol. The average Bonchev–Trinajstić information content (AvgIpc) is 3.07. The second-order valence-electron chi connectivity index (χ2n) is 7.13. The van der Waals surface area contributed by atoms with Gasteiger partial charge in [0.25, 0.3) is 0 Å². The summed E-state index contributed by atoms with van der Waals surface area (Å²) < 4.78 is 0. The number of benzene rings is 2. The summed E-state index contributed by atoms with van der Waals surface area (Å²) in [7, 11) is 4.10. The summed E-state index contributed by atoms with van der Waals surface area (Å²) in [5, 5.41) is 3.14. The number of para-hydroxylation sites is 1. The Morgan fingerprint density at radius 1 is 1.15 bits per heavy atom. The molecule has 0 fully saturated rings.